The zero-order chi connectivity index (χ0) is 23.6. The van der Waals surface area contributed by atoms with Crippen molar-refractivity contribution in [3.63, 3.8) is 0 Å². The number of hydrogen-bond acceptors (Lipinski definition) is 7. The third kappa shape index (κ3) is 5.10. The molecule has 0 saturated carbocycles. The minimum absolute atomic E-state index is 0.107. The first kappa shape index (κ1) is 22.2. The highest BCUT2D eigenvalue weighted by molar-refractivity contribution is 5.95. The SMILES string of the molecule is CC(=O)Nc1ccc(C(=O)N2CCN(c3ccc(-c4noc(C(F)(F)F)n4)cn3)CC2)cc1. The standard InChI is InChI=1S/C21H19F3N6O3/c1-13(31)26-16-5-2-14(3-6-16)19(32)30-10-8-29(9-11-30)17-7-4-15(12-25-17)18-27-20(33-28-18)21(22,23)24/h2-7,12H,8-11H2,1H3,(H,26,31). The van der Waals surface area contributed by atoms with Gasteiger partial charge in [0.15, 0.2) is 0 Å². The second-order valence-electron chi connectivity index (χ2n) is 7.36. The maximum Gasteiger partial charge on any atom is 0.471 e. The highest BCUT2D eigenvalue weighted by Gasteiger charge is 2.38. The summed E-state index contributed by atoms with van der Waals surface area (Å²) in [5, 5.41) is 6.00. The normalized spacial score (nSPS) is 14.3. The van der Waals surface area contributed by atoms with Crippen molar-refractivity contribution in [3.8, 4) is 11.4 Å². The van der Waals surface area contributed by atoms with E-state index >= 15 is 0 Å². The Hall–Kier alpha value is -3.96. The summed E-state index contributed by atoms with van der Waals surface area (Å²) < 4.78 is 42.1. The van der Waals surface area contributed by atoms with Gasteiger partial charge in [-0.25, -0.2) is 4.98 Å². The van der Waals surface area contributed by atoms with Gasteiger partial charge in [-0.05, 0) is 36.4 Å². The molecule has 0 spiro atoms. The second-order valence-corrected chi connectivity index (χ2v) is 7.36. The minimum Gasteiger partial charge on any atom is -0.353 e. The Morgan fingerprint density at radius 2 is 1.73 bits per heavy atom. The van der Waals surface area contributed by atoms with Crippen molar-refractivity contribution in [2.75, 3.05) is 36.4 Å². The molecule has 3 heterocycles. The fraction of sp³-hybridized carbons (Fsp3) is 0.286. The maximum atomic E-state index is 12.8. The molecule has 1 aliphatic rings. The molecule has 4 rings (SSSR count). The van der Waals surface area contributed by atoms with Gasteiger partial charge < -0.3 is 19.6 Å². The minimum atomic E-state index is -4.71. The lowest BCUT2D eigenvalue weighted by Crippen LogP contribution is -2.49. The van der Waals surface area contributed by atoms with Gasteiger partial charge in [-0.1, -0.05) is 5.16 Å². The molecule has 2 amide bonds. The lowest BCUT2D eigenvalue weighted by molar-refractivity contribution is -0.159. The first-order valence-electron chi connectivity index (χ1n) is 10.00. The molecule has 12 heteroatoms. The van der Waals surface area contributed by atoms with Crippen LogP contribution in [0.2, 0.25) is 0 Å². The van der Waals surface area contributed by atoms with Crippen molar-refractivity contribution in [1.82, 2.24) is 20.0 Å². The summed E-state index contributed by atoms with van der Waals surface area (Å²) in [7, 11) is 0. The molecule has 0 aliphatic carbocycles. The quantitative estimate of drug-likeness (QED) is 0.638. The largest absolute Gasteiger partial charge is 0.471 e. The van der Waals surface area contributed by atoms with Crippen molar-refractivity contribution in [2.24, 2.45) is 0 Å². The first-order chi connectivity index (χ1) is 15.7. The van der Waals surface area contributed by atoms with Gasteiger partial charge in [0, 0.05) is 56.1 Å². The first-order valence-corrected chi connectivity index (χ1v) is 10.00. The Labute approximate surface area is 186 Å². The van der Waals surface area contributed by atoms with E-state index in [0.717, 1.165) is 0 Å². The molecule has 0 unspecified atom stereocenters. The summed E-state index contributed by atoms with van der Waals surface area (Å²) in [5.74, 6) is -1.27. The third-order valence-electron chi connectivity index (χ3n) is 5.02. The monoisotopic (exact) mass is 460 g/mol. The molecular weight excluding hydrogens is 441 g/mol. The molecule has 2 aromatic heterocycles. The summed E-state index contributed by atoms with van der Waals surface area (Å²) in [6.45, 7) is 3.46. The van der Waals surface area contributed by atoms with Crippen LogP contribution in [0, 0.1) is 0 Å². The lowest BCUT2D eigenvalue weighted by Gasteiger charge is -2.35. The molecule has 0 atom stereocenters. The van der Waals surface area contributed by atoms with Crippen molar-refractivity contribution < 1.29 is 27.3 Å². The average molecular weight is 460 g/mol. The smallest absolute Gasteiger partial charge is 0.353 e. The molecular formula is C21H19F3N6O3. The van der Waals surface area contributed by atoms with Crippen LogP contribution < -0.4 is 10.2 Å². The molecule has 33 heavy (non-hydrogen) atoms. The van der Waals surface area contributed by atoms with Crippen LogP contribution in [0.4, 0.5) is 24.7 Å². The lowest BCUT2D eigenvalue weighted by atomic mass is 10.1. The van der Waals surface area contributed by atoms with Gasteiger partial charge in [0.25, 0.3) is 5.91 Å². The van der Waals surface area contributed by atoms with Crippen LogP contribution in [0.3, 0.4) is 0 Å². The van der Waals surface area contributed by atoms with E-state index in [1.54, 1.807) is 41.3 Å². The number of halogens is 3. The van der Waals surface area contributed by atoms with Crippen LogP contribution >= 0.6 is 0 Å². The second kappa shape index (κ2) is 8.88. The number of aromatic nitrogens is 3. The number of alkyl halides is 3. The highest BCUT2D eigenvalue weighted by Crippen LogP contribution is 2.29. The van der Waals surface area contributed by atoms with Crippen LogP contribution in [0.15, 0.2) is 47.1 Å². The van der Waals surface area contributed by atoms with Gasteiger partial charge in [-0.15, -0.1) is 0 Å². The van der Waals surface area contributed by atoms with Crippen LogP contribution in [-0.2, 0) is 11.0 Å². The van der Waals surface area contributed by atoms with Gasteiger partial charge in [0.05, 0.1) is 0 Å². The van der Waals surface area contributed by atoms with Crippen LogP contribution in [-0.4, -0.2) is 58.0 Å². The molecule has 1 N–H and O–H groups in total. The fourth-order valence-electron chi connectivity index (χ4n) is 3.38. The van der Waals surface area contributed by atoms with Crippen molar-refractivity contribution in [3.05, 3.63) is 54.0 Å². The summed E-state index contributed by atoms with van der Waals surface area (Å²) in [6, 6.07) is 9.93. The van der Waals surface area contributed by atoms with Crippen molar-refractivity contribution >= 4 is 23.3 Å². The number of amides is 2. The van der Waals surface area contributed by atoms with Gasteiger partial charge in [-0.3, -0.25) is 9.59 Å². The van der Waals surface area contributed by atoms with E-state index in [2.05, 4.69) is 25.0 Å². The maximum absolute atomic E-state index is 12.8. The number of nitrogens with one attached hydrogen (secondary N) is 1. The number of nitrogens with zero attached hydrogens (tertiary/aromatic N) is 5. The highest BCUT2D eigenvalue weighted by atomic mass is 19.4. The average Bonchev–Trinajstić information content (AvgIpc) is 3.30. The van der Waals surface area contributed by atoms with E-state index in [9.17, 15) is 22.8 Å². The Balaban J connectivity index is 1.35. The van der Waals surface area contributed by atoms with E-state index in [1.807, 2.05) is 4.90 Å². The fourth-order valence-corrected chi connectivity index (χ4v) is 3.38. The number of benzene rings is 1. The summed E-state index contributed by atoms with van der Waals surface area (Å²) in [4.78, 5) is 35.2. The number of piperazine rings is 1. The molecule has 3 aromatic rings. The zero-order valence-electron chi connectivity index (χ0n) is 17.5. The van der Waals surface area contributed by atoms with E-state index in [1.165, 1.54) is 13.1 Å². The summed E-state index contributed by atoms with van der Waals surface area (Å²) in [6.07, 6.45) is -3.32. The van der Waals surface area contributed by atoms with Gasteiger partial charge >= 0.3 is 12.1 Å². The molecule has 1 aromatic carbocycles. The zero-order valence-corrected chi connectivity index (χ0v) is 17.5. The summed E-state index contributed by atoms with van der Waals surface area (Å²) in [5.41, 5.74) is 1.45. The van der Waals surface area contributed by atoms with E-state index < -0.39 is 12.1 Å². The molecule has 1 saturated heterocycles. The Bertz CT molecular complexity index is 1140. The number of hydrogen-bond donors (Lipinski definition) is 1. The van der Waals surface area contributed by atoms with Gasteiger partial charge in [0.1, 0.15) is 5.82 Å². The molecule has 0 bridgehead atoms. The van der Waals surface area contributed by atoms with E-state index in [4.69, 9.17) is 0 Å². The number of carbonyl (C=O) groups is 2. The van der Waals surface area contributed by atoms with Crippen LogP contribution in [0.1, 0.15) is 23.2 Å². The molecule has 1 fully saturated rings. The van der Waals surface area contributed by atoms with Crippen LogP contribution in [0.25, 0.3) is 11.4 Å². The molecule has 0 radical (unpaired) electrons. The van der Waals surface area contributed by atoms with E-state index in [0.29, 0.717) is 48.8 Å². The Kier molecular flexibility index (Phi) is 5.99. The van der Waals surface area contributed by atoms with Gasteiger partial charge in [0.2, 0.25) is 11.7 Å². The number of rotatable bonds is 4. The van der Waals surface area contributed by atoms with Gasteiger partial charge in [-0.2, -0.15) is 18.2 Å². The molecule has 1 aliphatic heterocycles. The summed E-state index contributed by atoms with van der Waals surface area (Å²) >= 11 is 0. The topological polar surface area (TPSA) is 104 Å². The Morgan fingerprint density at radius 3 is 2.27 bits per heavy atom. The predicted molar refractivity (Wildman–Crippen MR) is 111 cm³/mol. The van der Waals surface area contributed by atoms with Crippen LogP contribution in [0.5, 0.6) is 0 Å². The number of pyridine rings is 1. The molecule has 172 valence electrons. The predicted octanol–water partition coefficient (Wildman–Crippen LogP) is 3.07. The molecule has 9 nitrogen and oxygen atoms in total. The Morgan fingerprint density at radius 1 is 1.03 bits per heavy atom. The number of carbonyl (C=O) groups excluding carboxylic acids is 2. The van der Waals surface area contributed by atoms with E-state index in [-0.39, 0.29) is 17.6 Å². The van der Waals surface area contributed by atoms with Crippen molar-refractivity contribution in [1.29, 1.82) is 0 Å². The third-order valence-corrected chi connectivity index (χ3v) is 5.02. The van der Waals surface area contributed by atoms with Crippen molar-refractivity contribution in [2.45, 2.75) is 13.1 Å². The number of anilines is 2.